The van der Waals surface area contributed by atoms with Gasteiger partial charge in [0.05, 0.1) is 5.25 Å². The fourth-order valence-corrected chi connectivity index (χ4v) is 14.3. The van der Waals surface area contributed by atoms with Crippen LogP contribution in [0.5, 0.6) is 0 Å². The predicted octanol–water partition coefficient (Wildman–Crippen LogP) is 8.05. The molecule has 1 heterocycles. The first-order valence-corrected chi connectivity index (χ1v) is 19.9. The van der Waals surface area contributed by atoms with Crippen LogP contribution in [0.4, 0.5) is 0 Å². The van der Waals surface area contributed by atoms with Gasteiger partial charge in [0.1, 0.15) is 9.84 Å². The molecule has 244 valence electrons. The zero-order chi connectivity index (χ0) is 31.2. The highest BCUT2D eigenvalue weighted by Crippen LogP contribution is 2.76. The summed E-state index contributed by atoms with van der Waals surface area (Å²) < 4.78 is 24.1. The summed E-state index contributed by atoms with van der Waals surface area (Å²) in [6.45, 7) is 26.5. The number of sulfone groups is 1. The Labute approximate surface area is 265 Å². The second-order valence-corrected chi connectivity index (χ2v) is 20.3. The van der Waals surface area contributed by atoms with E-state index in [2.05, 4.69) is 71.3 Å². The smallest absolute Gasteiger partial charge is 0.150 e. The number of rotatable bonds is 6. The fourth-order valence-electron chi connectivity index (χ4n) is 13.2. The maximum Gasteiger partial charge on any atom is 0.150 e. The standard InChI is InChI=1S/C38H64N2O2S/c1-26(2)29-13-19-38(39-22-25-40-23-15-28(16-24-40)43(9,41)42)21-20-36(7)30(33(29)38)10-11-32-35(6)17-12-27(3)34(4,5)31(35)14-18-37(32,36)8/h12,28-33,39H,1,10-11,13-25H2,2-9H3/t29-,30+,31-,32+,33+,35-,36+,37+,38-/m0/s1. The first-order valence-electron chi connectivity index (χ1n) is 18.0. The van der Waals surface area contributed by atoms with Crippen molar-refractivity contribution in [2.75, 3.05) is 32.4 Å². The highest BCUT2D eigenvalue weighted by Gasteiger charge is 2.70. The van der Waals surface area contributed by atoms with E-state index in [1.54, 1.807) is 5.57 Å². The van der Waals surface area contributed by atoms with Gasteiger partial charge in [-0.1, -0.05) is 58.4 Å². The van der Waals surface area contributed by atoms with Crippen molar-refractivity contribution >= 4 is 9.84 Å². The second kappa shape index (κ2) is 10.7. The number of hydrogen-bond acceptors (Lipinski definition) is 4. The normalized spacial score (nSPS) is 46.7. The number of nitrogens with zero attached hydrogens (tertiary/aromatic N) is 1. The summed E-state index contributed by atoms with van der Waals surface area (Å²) in [6, 6.07) is 0. The zero-order valence-electron chi connectivity index (χ0n) is 29.0. The van der Waals surface area contributed by atoms with Gasteiger partial charge in [-0.15, -0.1) is 0 Å². The molecule has 6 aliphatic rings. The summed E-state index contributed by atoms with van der Waals surface area (Å²) in [5.41, 5.74) is 4.77. The van der Waals surface area contributed by atoms with Crippen molar-refractivity contribution in [3.05, 3.63) is 23.8 Å². The number of likely N-dealkylation sites (tertiary alicyclic amines) is 1. The van der Waals surface area contributed by atoms with Gasteiger partial charge in [-0.05, 0) is 149 Å². The van der Waals surface area contributed by atoms with Crippen molar-refractivity contribution in [1.29, 1.82) is 0 Å². The van der Waals surface area contributed by atoms with Crippen molar-refractivity contribution in [1.82, 2.24) is 10.2 Å². The highest BCUT2D eigenvalue weighted by atomic mass is 32.2. The van der Waals surface area contributed by atoms with E-state index in [0.717, 1.165) is 56.8 Å². The van der Waals surface area contributed by atoms with Crippen molar-refractivity contribution in [3.63, 3.8) is 0 Å². The molecule has 4 nitrogen and oxygen atoms in total. The molecule has 5 fully saturated rings. The van der Waals surface area contributed by atoms with Gasteiger partial charge in [0.25, 0.3) is 0 Å². The summed E-state index contributed by atoms with van der Waals surface area (Å²) in [6.07, 6.45) is 17.7. The third-order valence-corrected chi connectivity index (χ3v) is 17.8. The van der Waals surface area contributed by atoms with E-state index in [-0.39, 0.29) is 10.8 Å². The summed E-state index contributed by atoms with van der Waals surface area (Å²) in [7, 11) is -2.92. The lowest BCUT2D eigenvalue weighted by Gasteiger charge is -2.72. The minimum Gasteiger partial charge on any atom is -0.310 e. The van der Waals surface area contributed by atoms with Crippen LogP contribution >= 0.6 is 0 Å². The lowest BCUT2D eigenvalue weighted by Crippen LogP contribution is -2.68. The van der Waals surface area contributed by atoms with Crippen LogP contribution < -0.4 is 5.32 Å². The van der Waals surface area contributed by atoms with Crippen molar-refractivity contribution in [2.24, 2.45) is 51.2 Å². The summed E-state index contributed by atoms with van der Waals surface area (Å²) >= 11 is 0. The molecule has 1 saturated heterocycles. The molecule has 1 aliphatic heterocycles. The lowest BCUT2D eigenvalue weighted by atomic mass is 9.33. The molecular weight excluding hydrogens is 548 g/mol. The minimum absolute atomic E-state index is 0.143. The first kappa shape index (κ1) is 32.3. The van der Waals surface area contributed by atoms with Crippen molar-refractivity contribution < 1.29 is 8.42 Å². The van der Waals surface area contributed by atoms with Crippen LogP contribution in [-0.4, -0.2) is 56.5 Å². The van der Waals surface area contributed by atoms with Crippen molar-refractivity contribution in [2.45, 2.75) is 130 Å². The molecule has 0 unspecified atom stereocenters. The Kier molecular flexibility index (Phi) is 8.03. The maximum atomic E-state index is 12.1. The average molecular weight is 613 g/mol. The third-order valence-electron chi connectivity index (χ3n) is 16.1. The molecule has 6 rings (SSSR count). The summed E-state index contributed by atoms with van der Waals surface area (Å²) in [4.78, 5) is 2.51. The Balaban J connectivity index is 1.22. The van der Waals surface area contributed by atoms with Gasteiger partial charge in [0, 0.05) is 24.9 Å². The summed E-state index contributed by atoms with van der Waals surface area (Å²) in [5, 5.41) is 4.12. The molecule has 0 bridgehead atoms. The molecule has 0 aromatic rings. The topological polar surface area (TPSA) is 49.4 Å². The average Bonchev–Trinajstić information content (AvgIpc) is 3.31. The van der Waals surface area contributed by atoms with Gasteiger partial charge in [0.15, 0.2) is 0 Å². The monoisotopic (exact) mass is 612 g/mol. The molecule has 5 aliphatic carbocycles. The van der Waals surface area contributed by atoms with Crippen LogP contribution in [0.2, 0.25) is 0 Å². The Morgan fingerprint density at radius 2 is 1.63 bits per heavy atom. The van der Waals surface area contributed by atoms with Crippen molar-refractivity contribution in [3.8, 4) is 0 Å². The van der Waals surface area contributed by atoms with Crippen LogP contribution in [0.1, 0.15) is 119 Å². The van der Waals surface area contributed by atoms with E-state index in [9.17, 15) is 8.42 Å². The second-order valence-electron chi connectivity index (χ2n) is 18.0. The molecule has 4 saturated carbocycles. The van der Waals surface area contributed by atoms with Gasteiger partial charge in [0.2, 0.25) is 0 Å². The molecular formula is C38H64N2O2S. The van der Waals surface area contributed by atoms with E-state index in [1.807, 2.05) is 0 Å². The van der Waals surface area contributed by atoms with Gasteiger partial charge < -0.3 is 10.2 Å². The SMILES string of the molecule is C=C(C)[C@@H]1CC[C@]2(NCCN3CCC(S(C)(=O)=O)CC3)CC[C@]3(C)[C@H](CC[C@@H]4[C@@]5(C)CC=C(C)C(C)(C)[C@@H]5CC[C@]43C)[C@@H]12. The van der Waals surface area contributed by atoms with Crippen LogP contribution in [0.25, 0.3) is 0 Å². The molecule has 9 atom stereocenters. The number of piperidine rings is 1. The van der Waals surface area contributed by atoms with Crippen LogP contribution in [0.3, 0.4) is 0 Å². The maximum absolute atomic E-state index is 12.1. The van der Waals surface area contributed by atoms with Crippen LogP contribution in [-0.2, 0) is 9.84 Å². The van der Waals surface area contributed by atoms with Gasteiger partial charge in [-0.25, -0.2) is 8.42 Å². The number of hydrogen-bond donors (Lipinski definition) is 1. The number of allylic oxidation sites excluding steroid dienone is 3. The molecule has 43 heavy (non-hydrogen) atoms. The summed E-state index contributed by atoms with van der Waals surface area (Å²) in [5.74, 6) is 3.69. The molecule has 0 aromatic carbocycles. The number of nitrogens with one attached hydrogen (secondary N) is 1. The van der Waals surface area contributed by atoms with E-state index in [0.29, 0.717) is 33.5 Å². The molecule has 0 spiro atoms. The van der Waals surface area contributed by atoms with E-state index in [4.69, 9.17) is 0 Å². The van der Waals surface area contributed by atoms with Gasteiger partial charge in [-0.3, -0.25) is 0 Å². The van der Waals surface area contributed by atoms with E-state index in [1.165, 1.54) is 69.6 Å². The molecule has 0 aromatic heterocycles. The third kappa shape index (κ3) is 4.81. The fraction of sp³-hybridized carbons (Fsp3) is 0.895. The lowest BCUT2D eigenvalue weighted by molar-refractivity contribution is -0.221. The Bertz CT molecular complexity index is 1250. The predicted molar refractivity (Wildman–Crippen MR) is 181 cm³/mol. The quantitative estimate of drug-likeness (QED) is 0.308. The molecule has 5 heteroatoms. The van der Waals surface area contributed by atoms with Crippen LogP contribution in [0.15, 0.2) is 23.8 Å². The molecule has 1 N–H and O–H groups in total. The first-order chi connectivity index (χ1) is 20.0. The van der Waals surface area contributed by atoms with Crippen LogP contribution in [0, 0.1) is 51.2 Å². The van der Waals surface area contributed by atoms with Gasteiger partial charge in [-0.2, -0.15) is 0 Å². The van der Waals surface area contributed by atoms with Gasteiger partial charge >= 0.3 is 0 Å². The van der Waals surface area contributed by atoms with E-state index >= 15 is 0 Å². The Morgan fingerprint density at radius 3 is 2.28 bits per heavy atom. The molecule has 0 radical (unpaired) electrons. The van der Waals surface area contributed by atoms with E-state index < -0.39 is 9.84 Å². The highest BCUT2D eigenvalue weighted by molar-refractivity contribution is 7.91. The molecule has 0 amide bonds. The minimum atomic E-state index is -2.92. The number of fused-ring (bicyclic) bond motifs is 7. The zero-order valence-corrected chi connectivity index (χ0v) is 29.8. The largest absolute Gasteiger partial charge is 0.310 e. The Morgan fingerprint density at radius 1 is 0.930 bits per heavy atom. The Hall–Kier alpha value is -0.650.